The minimum atomic E-state index is -3.39. The molecule has 0 aliphatic carbocycles. The van der Waals surface area contributed by atoms with E-state index in [0.717, 1.165) is 12.8 Å². The predicted octanol–water partition coefficient (Wildman–Crippen LogP) is 0.0879. The topological polar surface area (TPSA) is 81.2 Å². The van der Waals surface area contributed by atoms with E-state index in [0.29, 0.717) is 36.1 Å². The van der Waals surface area contributed by atoms with Gasteiger partial charge in [0.15, 0.2) is 0 Å². The van der Waals surface area contributed by atoms with Crippen LogP contribution in [0.15, 0.2) is 11.1 Å². The highest BCUT2D eigenvalue weighted by Gasteiger charge is 2.31. The van der Waals surface area contributed by atoms with Crippen molar-refractivity contribution in [3.05, 3.63) is 11.9 Å². The standard InChI is InChI=1S/C11H20N4O2S/c1-9-11(8-13-14(9)2)18(16,17)15-5-3-10(7-12)4-6-15/h8,10H,3-7,12H2,1-2H3. The summed E-state index contributed by atoms with van der Waals surface area (Å²) in [5, 5.41) is 4.00. The number of sulfonamides is 1. The largest absolute Gasteiger partial charge is 0.330 e. The molecule has 6 nitrogen and oxygen atoms in total. The Labute approximate surface area is 108 Å². The first-order valence-corrected chi connectivity index (χ1v) is 7.59. The van der Waals surface area contributed by atoms with Crippen LogP contribution in [0.3, 0.4) is 0 Å². The summed E-state index contributed by atoms with van der Waals surface area (Å²) in [6.07, 6.45) is 3.11. The van der Waals surface area contributed by atoms with Gasteiger partial charge in [0.05, 0.1) is 11.9 Å². The van der Waals surface area contributed by atoms with Crippen molar-refractivity contribution in [2.45, 2.75) is 24.7 Å². The number of nitrogens with two attached hydrogens (primary N) is 1. The van der Waals surface area contributed by atoms with Gasteiger partial charge in [0.2, 0.25) is 10.0 Å². The van der Waals surface area contributed by atoms with Crippen molar-refractivity contribution in [2.75, 3.05) is 19.6 Å². The van der Waals surface area contributed by atoms with E-state index in [4.69, 9.17) is 5.73 Å². The molecule has 1 saturated heterocycles. The van der Waals surface area contributed by atoms with E-state index in [1.165, 1.54) is 6.20 Å². The van der Waals surface area contributed by atoms with E-state index in [9.17, 15) is 8.42 Å². The van der Waals surface area contributed by atoms with Gasteiger partial charge in [0.25, 0.3) is 0 Å². The maximum absolute atomic E-state index is 12.5. The fourth-order valence-corrected chi connectivity index (χ4v) is 3.91. The first kappa shape index (κ1) is 13.5. The molecule has 1 aliphatic rings. The highest BCUT2D eigenvalue weighted by molar-refractivity contribution is 7.89. The molecule has 0 amide bonds. The number of nitrogens with zero attached hydrogens (tertiary/aromatic N) is 3. The summed E-state index contributed by atoms with van der Waals surface area (Å²) in [4.78, 5) is 0.316. The molecule has 0 spiro atoms. The van der Waals surface area contributed by atoms with E-state index in [1.807, 2.05) is 0 Å². The van der Waals surface area contributed by atoms with Gasteiger partial charge in [-0.2, -0.15) is 9.40 Å². The Morgan fingerprint density at radius 1 is 1.44 bits per heavy atom. The molecule has 2 rings (SSSR count). The number of rotatable bonds is 3. The van der Waals surface area contributed by atoms with Gasteiger partial charge in [-0.05, 0) is 32.2 Å². The van der Waals surface area contributed by atoms with Crippen LogP contribution in [0.25, 0.3) is 0 Å². The zero-order chi connectivity index (χ0) is 13.3. The van der Waals surface area contributed by atoms with Crippen LogP contribution >= 0.6 is 0 Å². The van der Waals surface area contributed by atoms with Crippen LogP contribution < -0.4 is 5.73 Å². The van der Waals surface area contributed by atoms with E-state index < -0.39 is 10.0 Å². The smallest absolute Gasteiger partial charge is 0.246 e. The van der Waals surface area contributed by atoms with Gasteiger partial charge in [-0.3, -0.25) is 4.68 Å². The Hall–Kier alpha value is -0.920. The maximum atomic E-state index is 12.5. The molecule has 0 aromatic carbocycles. The molecule has 2 heterocycles. The lowest BCUT2D eigenvalue weighted by molar-refractivity contribution is 0.278. The van der Waals surface area contributed by atoms with Crippen LogP contribution in [0, 0.1) is 12.8 Å². The van der Waals surface area contributed by atoms with Crippen LogP contribution in [0.2, 0.25) is 0 Å². The van der Waals surface area contributed by atoms with Gasteiger partial charge in [-0.25, -0.2) is 8.42 Å². The lowest BCUT2D eigenvalue weighted by Gasteiger charge is -2.30. The van der Waals surface area contributed by atoms with Crippen LogP contribution in [0.4, 0.5) is 0 Å². The van der Waals surface area contributed by atoms with Crippen molar-refractivity contribution in [1.82, 2.24) is 14.1 Å². The Bertz CT molecular complexity index is 515. The normalized spacial score (nSPS) is 19.3. The van der Waals surface area contributed by atoms with E-state index in [1.54, 1.807) is 23.0 Å². The van der Waals surface area contributed by atoms with Gasteiger partial charge >= 0.3 is 0 Å². The molecule has 0 unspecified atom stereocenters. The minimum Gasteiger partial charge on any atom is -0.330 e. The summed E-state index contributed by atoms with van der Waals surface area (Å²) in [5.74, 6) is 0.450. The molecule has 0 saturated carbocycles. The highest BCUT2D eigenvalue weighted by Crippen LogP contribution is 2.24. The zero-order valence-corrected chi connectivity index (χ0v) is 11.7. The van der Waals surface area contributed by atoms with Crippen molar-refractivity contribution >= 4 is 10.0 Å². The van der Waals surface area contributed by atoms with Crippen LogP contribution in [0.5, 0.6) is 0 Å². The van der Waals surface area contributed by atoms with Crippen molar-refractivity contribution in [2.24, 2.45) is 18.7 Å². The van der Waals surface area contributed by atoms with Gasteiger partial charge in [0, 0.05) is 20.1 Å². The average molecular weight is 272 g/mol. The Morgan fingerprint density at radius 2 is 2.06 bits per heavy atom. The summed E-state index contributed by atoms with van der Waals surface area (Å²) in [7, 11) is -1.65. The monoisotopic (exact) mass is 272 g/mol. The summed E-state index contributed by atoms with van der Waals surface area (Å²) in [6.45, 7) is 3.52. The molecule has 2 N–H and O–H groups in total. The molecular weight excluding hydrogens is 252 g/mol. The molecule has 7 heteroatoms. The maximum Gasteiger partial charge on any atom is 0.246 e. The molecule has 1 aromatic rings. The van der Waals surface area contributed by atoms with Crippen molar-refractivity contribution in [3.63, 3.8) is 0 Å². The summed E-state index contributed by atoms with van der Waals surface area (Å²) >= 11 is 0. The molecule has 1 aliphatic heterocycles. The molecule has 102 valence electrons. The third-order valence-electron chi connectivity index (χ3n) is 3.71. The molecular formula is C11H20N4O2S. The van der Waals surface area contributed by atoms with E-state index in [2.05, 4.69) is 5.10 Å². The second-order valence-corrected chi connectivity index (χ2v) is 6.71. The van der Waals surface area contributed by atoms with Crippen molar-refractivity contribution < 1.29 is 8.42 Å². The Kier molecular flexibility index (Phi) is 3.74. The van der Waals surface area contributed by atoms with E-state index >= 15 is 0 Å². The van der Waals surface area contributed by atoms with Crippen LogP contribution in [-0.4, -0.2) is 42.1 Å². The fourth-order valence-electron chi connectivity index (χ4n) is 2.26. The minimum absolute atomic E-state index is 0.316. The van der Waals surface area contributed by atoms with Gasteiger partial charge in [-0.1, -0.05) is 0 Å². The van der Waals surface area contributed by atoms with E-state index in [-0.39, 0.29) is 0 Å². The molecule has 1 aromatic heterocycles. The predicted molar refractivity (Wildman–Crippen MR) is 68.5 cm³/mol. The van der Waals surface area contributed by atoms with Gasteiger partial charge in [-0.15, -0.1) is 0 Å². The molecule has 0 radical (unpaired) electrons. The van der Waals surface area contributed by atoms with Crippen LogP contribution in [0.1, 0.15) is 18.5 Å². The SMILES string of the molecule is Cc1c(S(=O)(=O)N2CCC(CN)CC2)cnn1C. The summed E-state index contributed by atoms with van der Waals surface area (Å²) in [5.41, 5.74) is 6.29. The number of hydrogen-bond donors (Lipinski definition) is 1. The fraction of sp³-hybridized carbons (Fsp3) is 0.727. The molecule has 0 atom stereocenters. The number of hydrogen-bond acceptors (Lipinski definition) is 4. The van der Waals surface area contributed by atoms with Crippen molar-refractivity contribution in [1.29, 1.82) is 0 Å². The lowest BCUT2D eigenvalue weighted by Crippen LogP contribution is -2.40. The number of aryl methyl sites for hydroxylation is 1. The first-order chi connectivity index (χ1) is 8.46. The quantitative estimate of drug-likeness (QED) is 0.845. The Balaban J connectivity index is 2.20. The third-order valence-corrected chi connectivity index (χ3v) is 5.72. The molecule has 0 bridgehead atoms. The van der Waals surface area contributed by atoms with Crippen molar-refractivity contribution in [3.8, 4) is 0 Å². The average Bonchev–Trinajstić information content (AvgIpc) is 2.70. The van der Waals surface area contributed by atoms with Gasteiger partial charge < -0.3 is 5.73 Å². The third kappa shape index (κ3) is 2.30. The first-order valence-electron chi connectivity index (χ1n) is 6.15. The highest BCUT2D eigenvalue weighted by atomic mass is 32.2. The molecule has 1 fully saturated rings. The van der Waals surface area contributed by atoms with Crippen LogP contribution in [-0.2, 0) is 17.1 Å². The Morgan fingerprint density at radius 3 is 2.50 bits per heavy atom. The summed E-state index contributed by atoms with van der Waals surface area (Å²) in [6, 6.07) is 0. The van der Waals surface area contributed by atoms with Gasteiger partial charge in [0.1, 0.15) is 4.90 Å². The number of piperidine rings is 1. The second-order valence-electron chi connectivity index (χ2n) is 4.80. The lowest BCUT2D eigenvalue weighted by atomic mass is 9.99. The summed E-state index contributed by atoms with van der Waals surface area (Å²) < 4.78 is 28.0. The number of aromatic nitrogens is 2. The molecule has 18 heavy (non-hydrogen) atoms. The second kappa shape index (κ2) is 4.99. The zero-order valence-electron chi connectivity index (χ0n) is 10.8.